The number of amidine groups is 1. The van der Waals surface area contributed by atoms with Crippen LogP contribution in [0.5, 0.6) is 0 Å². The van der Waals surface area contributed by atoms with Crippen molar-refractivity contribution in [2.75, 3.05) is 31.9 Å². The van der Waals surface area contributed by atoms with Crippen molar-refractivity contribution in [2.45, 2.75) is 43.9 Å². The molecule has 0 spiro atoms. The first-order valence-electron chi connectivity index (χ1n) is 7.47. The minimum Gasteiger partial charge on any atom is -0.409 e. The van der Waals surface area contributed by atoms with Crippen molar-refractivity contribution in [2.24, 2.45) is 10.9 Å². The lowest BCUT2D eigenvalue weighted by Gasteiger charge is -2.44. The maximum Gasteiger partial charge on any atom is 0.238 e. The number of hydrogen-bond acceptors (Lipinski definition) is 5. The van der Waals surface area contributed by atoms with Gasteiger partial charge in [0.05, 0.1) is 10.3 Å². The van der Waals surface area contributed by atoms with Crippen molar-refractivity contribution in [3.05, 3.63) is 0 Å². The molecule has 6 nitrogen and oxygen atoms in total. The fraction of sp³-hybridized carbons (Fsp3) is 0.857. The van der Waals surface area contributed by atoms with Gasteiger partial charge in [-0.3, -0.25) is 9.69 Å². The van der Waals surface area contributed by atoms with Crippen LogP contribution in [-0.4, -0.2) is 69.0 Å². The predicted molar refractivity (Wildman–Crippen MR) is 85.7 cm³/mol. The highest BCUT2D eigenvalue weighted by Crippen LogP contribution is 2.39. The van der Waals surface area contributed by atoms with Crippen LogP contribution in [0.4, 0.5) is 0 Å². The lowest BCUT2D eigenvalue weighted by molar-refractivity contribution is -0.135. The third-order valence-electron chi connectivity index (χ3n) is 4.76. The number of thioether (sulfide) groups is 1. The number of oxime groups is 1. The first-order chi connectivity index (χ1) is 9.81. The van der Waals surface area contributed by atoms with E-state index in [2.05, 4.69) is 17.0 Å². The summed E-state index contributed by atoms with van der Waals surface area (Å²) < 4.78 is -0.233. The Kier molecular flexibility index (Phi) is 4.72. The highest BCUT2D eigenvalue weighted by molar-refractivity contribution is 8.01. The fourth-order valence-electron chi connectivity index (χ4n) is 3.04. The maximum atomic E-state index is 12.7. The van der Waals surface area contributed by atoms with Gasteiger partial charge in [-0.05, 0) is 39.4 Å². The molecule has 1 unspecified atom stereocenters. The quantitative estimate of drug-likeness (QED) is 0.351. The molecule has 0 saturated carbocycles. The van der Waals surface area contributed by atoms with Gasteiger partial charge >= 0.3 is 0 Å². The van der Waals surface area contributed by atoms with Crippen molar-refractivity contribution in [1.82, 2.24) is 9.80 Å². The lowest BCUT2D eigenvalue weighted by Crippen LogP contribution is -2.61. The first-order valence-corrected chi connectivity index (χ1v) is 8.46. The van der Waals surface area contributed by atoms with Crippen LogP contribution in [0.2, 0.25) is 0 Å². The van der Waals surface area contributed by atoms with Crippen LogP contribution in [0.1, 0.15) is 33.6 Å². The van der Waals surface area contributed by atoms with E-state index in [1.54, 1.807) is 11.8 Å². The van der Waals surface area contributed by atoms with Crippen molar-refractivity contribution >= 4 is 23.5 Å². The standard InChI is InChI=1S/C14H26N4O2S/c1-13(2,11(15)16-20)18-8-6-17(7-9-18)12(19)14(3)5-4-10-21-14/h20H,4-10H2,1-3H3,(H2,15,16). The number of hydrogen-bond donors (Lipinski definition) is 2. The second kappa shape index (κ2) is 6.04. The van der Waals surface area contributed by atoms with Gasteiger partial charge in [0.1, 0.15) is 0 Å². The van der Waals surface area contributed by atoms with Crippen LogP contribution in [0.15, 0.2) is 5.16 Å². The Morgan fingerprint density at radius 2 is 1.95 bits per heavy atom. The van der Waals surface area contributed by atoms with Gasteiger partial charge in [-0.15, -0.1) is 11.8 Å². The third-order valence-corrected chi connectivity index (χ3v) is 6.27. The van der Waals surface area contributed by atoms with Crippen LogP contribution in [0.25, 0.3) is 0 Å². The van der Waals surface area contributed by atoms with E-state index in [9.17, 15) is 4.79 Å². The minimum atomic E-state index is -0.490. The first kappa shape index (κ1) is 16.4. The van der Waals surface area contributed by atoms with E-state index in [0.29, 0.717) is 13.1 Å². The molecule has 2 aliphatic rings. The van der Waals surface area contributed by atoms with E-state index < -0.39 is 5.54 Å². The number of carbonyl (C=O) groups excluding carboxylic acids is 1. The normalized spacial score (nSPS) is 28.9. The van der Waals surface area contributed by atoms with Gasteiger partial charge < -0.3 is 15.8 Å². The summed E-state index contributed by atoms with van der Waals surface area (Å²) in [5.74, 6) is 1.56. The molecule has 2 saturated heterocycles. The maximum absolute atomic E-state index is 12.7. The van der Waals surface area contributed by atoms with E-state index in [-0.39, 0.29) is 16.5 Å². The molecule has 2 aliphatic heterocycles. The highest BCUT2D eigenvalue weighted by atomic mass is 32.2. The Hall–Kier alpha value is -0.950. The molecule has 0 bridgehead atoms. The monoisotopic (exact) mass is 314 g/mol. The average Bonchev–Trinajstić information content (AvgIpc) is 2.93. The van der Waals surface area contributed by atoms with Gasteiger partial charge in [0, 0.05) is 26.2 Å². The summed E-state index contributed by atoms with van der Waals surface area (Å²) in [6, 6.07) is 0. The molecule has 0 radical (unpaired) electrons. The molecule has 7 heteroatoms. The Labute approximate surface area is 130 Å². The van der Waals surface area contributed by atoms with Gasteiger partial charge in [0.15, 0.2) is 5.84 Å². The van der Waals surface area contributed by atoms with Crippen LogP contribution in [0.3, 0.4) is 0 Å². The van der Waals surface area contributed by atoms with Crippen molar-refractivity contribution < 1.29 is 10.0 Å². The SMILES string of the molecule is CC1(C(=O)N2CCN(C(C)(C)C(N)=NO)CC2)CCCS1. The number of piperazine rings is 1. The molecule has 21 heavy (non-hydrogen) atoms. The van der Waals surface area contributed by atoms with Crippen LogP contribution < -0.4 is 5.73 Å². The van der Waals surface area contributed by atoms with Gasteiger partial charge in [-0.2, -0.15) is 0 Å². The molecule has 2 heterocycles. The lowest BCUT2D eigenvalue weighted by atomic mass is 9.99. The van der Waals surface area contributed by atoms with Gasteiger partial charge in [0.25, 0.3) is 0 Å². The second-order valence-corrected chi connectivity index (χ2v) is 8.10. The second-order valence-electron chi connectivity index (χ2n) is 6.51. The molecular weight excluding hydrogens is 288 g/mol. The predicted octanol–water partition coefficient (Wildman–Crippen LogP) is 0.941. The number of carbonyl (C=O) groups is 1. The molecular formula is C14H26N4O2S. The molecule has 3 N–H and O–H groups in total. The minimum absolute atomic E-state index is 0.209. The summed E-state index contributed by atoms with van der Waals surface area (Å²) in [5, 5.41) is 12.0. The van der Waals surface area contributed by atoms with Crippen LogP contribution in [-0.2, 0) is 4.79 Å². The van der Waals surface area contributed by atoms with Gasteiger partial charge in [0.2, 0.25) is 5.91 Å². The van der Waals surface area contributed by atoms with Crippen molar-refractivity contribution in [3.63, 3.8) is 0 Å². The zero-order valence-corrected chi connectivity index (χ0v) is 13.9. The van der Waals surface area contributed by atoms with E-state index >= 15 is 0 Å². The smallest absolute Gasteiger partial charge is 0.238 e. The highest BCUT2D eigenvalue weighted by Gasteiger charge is 2.42. The van der Waals surface area contributed by atoms with Gasteiger partial charge in [-0.25, -0.2) is 0 Å². The molecule has 0 aromatic rings. The summed E-state index contributed by atoms with van der Waals surface area (Å²) in [4.78, 5) is 16.8. The topological polar surface area (TPSA) is 82.2 Å². The molecule has 120 valence electrons. The largest absolute Gasteiger partial charge is 0.409 e. The summed E-state index contributed by atoms with van der Waals surface area (Å²) >= 11 is 1.78. The Balaban J connectivity index is 1.96. The Morgan fingerprint density at radius 3 is 2.43 bits per heavy atom. The third kappa shape index (κ3) is 3.13. The number of nitrogens with zero attached hydrogens (tertiary/aromatic N) is 3. The molecule has 2 fully saturated rings. The van der Waals surface area contributed by atoms with Crippen LogP contribution >= 0.6 is 11.8 Å². The molecule has 0 aliphatic carbocycles. The van der Waals surface area contributed by atoms with Crippen LogP contribution in [0, 0.1) is 0 Å². The molecule has 1 atom stereocenters. The Bertz CT molecular complexity index is 425. The van der Waals surface area contributed by atoms with Crippen molar-refractivity contribution in [3.8, 4) is 0 Å². The zero-order chi connectivity index (χ0) is 15.7. The fourth-order valence-corrected chi connectivity index (χ4v) is 4.32. The summed E-state index contributed by atoms with van der Waals surface area (Å²) in [6.45, 7) is 8.85. The van der Waals surface area contributed by atoms with Crippen molar-refractivity contribution in [1.29, 1.82) is 0 Å². The zero-order valence-electron chi connectivity index (χ0n) is 13.1. The van der Waals surface area contributed by atoms with E-state index in [1.165, 1.54) is 0 Å². The van der Waals surface area contributed by atoms with Gasteiger partial charge in [-0.1, -0.05) is 5.16 Å². The van der Waals surface area contributed by atoms with E-state index in [0.717, 1.165) is 31.7 Å². The number of rotatable bonds is 3. The summed E-state index contributed by atoms with van der Waals surface area (Å²) in [7, 11) is 0. The summed E-state index contributed by atoms with van der Waals surface area (Å²) in [5.41, 5.74) is 5.28. The molecule has 1 amide bonds. The number of nitrogens with two attached hydrogens (primary N) is 1. The van der Waals surface area contributed by atoms with E-state index in [4.69, 9.17) is 10.9 Å². The summed E-state index contributed by atoms with van der Waals surface area (Å²) in [6.07, 6.45) is 2.11. The molecule has 0 aromatic carbocycles. The molecule has 2 rings (SSSR count). The number of amides is 1. The average molecular weight is 314 g/mol. The molecule has 0 aromatic heterocycles. The Morgan fingerprint density at radius 1 is 1.33 bits per heavy atom. The van der Waals surface area contributed by atoms with E-state index in [1.807, 2.05) is 18.7 Å².